The van der Waals surface area contributed by atoms with E-state index >= 15 is 0 Å². The molecule has 1 saturated heterocycles. The van der Waals surface area contributed by atoms with Gasteiger partial charge >= 0.3 is 5.97 Å². The smallest absolute Gasteiger partial charge is 0.338 e. The number of carbonyl (C=O) groups excluding carboxylic acids is 1. The summed E-state index contributed by atoms with van der Waals surface area (Å²) in [6, 6.07) is 28.9. The minimum absolute atomic E-state index is 0.250. The quantitative estimate of drug-likeness (QED) is 0.400. The monoisotopic (exact) mass is 420 g/mol. The number of cyclic esters (lactones) is 1. The molecule has 31 heavy (non-hydrogen) atoms. The van der Waals surface area contributed by atoms with Crippen molar-refractivity contribution in [2.75, 3.05) is 6.61 Å². The van der Waals surface area contributed by atoms with E-state index < -0.39 is 36.0 Å². The van der Waals surface area contributed by atoms with Crippen LogP contribution in [0, 0.1) is 0 Å². The molecule has 1 aliphatic rings. The fourth-order valence-corrected chi connectivity index (χ4v) is 3.97. The molecule has 1 aliphatic heterocycles. The first kappa shape index (κ1) is 21.2. The van der Waals surface area contributed by atoms with Gasteiger partial charge < -0.3 is 24.8 Å². The standard InChI is InChI=1S/C25H24O6/c26-20(23-21(27)22(28)24(29)31-23)16-30-25(17-10-4-1-5-11-17,18-12-6-2-7-13-18)19-14-8-3-9-15-19/h1-15,20-23,26-28H,16H2/t20-,21+,22+,23-/m0/s1. The van der Waals surface area contributed by atoms with Crippen molar-refractivity contribution in [1.82, 2.24) is 0 Å². The number of hydrogen-bond donors (Lipinski definition) is 3. The van der Waals surface area contributed by atoms with Crippen molar-refractivity contribution >= 4 is 5.97 Å². The predicted molar refractivity (Wildman–Crippen MR) is 113 cm³/mol. The predicted octanol–water partition coefficient (Wildman–Crippen LogP) is 2.00. The molecule has 4 atom stereocenters. The van der Waals surface area contributed by atoms with Crippen LogP contribution >= 0.6 is 0 Å². The third kappa shape index (κ3) is 3.98. The van der Waals surface area contributed by atoms with Crippen LogP contribution in [0.4, 0.5) is 0 Å². The van der Waals surface area contributed by atoms with Crippen molar-refractivity contribution < 1.29 is 29.6 Å². The van der Waals surface area contributed by atoms with Crippen LogP contribution in [0.5, 0.6) is 0 Å². The summed E-state index contributed by atoms with van der Waals surface area (Å²) in [7, 11) is 0. The molecule has 0 saturated carbocycles. The topological polar surface area (TPSA) is 96.2 Å². The minimum Gasteiger partial charge on any atom is -0.455 e. The molecular weight excluding hydrogens is 396 g/mol. The highest BCUT2D eigenvalue weighted by Gasteiger charge is 2.47. The first-order valence-electron chi connectivity index (χ1n) is 10.1. The van der Waals surface area contributed by atoms with E-state index in [2.05, 4.69) is 0 Å². The van der Waals surface area contributed by atoms with Crippen molar-refractivity contribution in [2.45, 2.75) is 30.0 Å². The van der Waals surface area contributed by atoms with Crippen LogP contribution < -0.4 is 0 Å². The van der Waals surface area contributed by atoms with Gasteiger partial charge in [-0.2, -0.15) is 0 Å². The Morgan fingerprint density at radius 1 is 0.806 bits per heavy atom. The van der Waals surface area contributed by atoms with Gasteiger partial charge in [-0.1, -0.05) is 91.0 Å². The second-order valence-electron chi connectivity index (χ2n) is 7.49. The van der Waals surface area contributed by atoms with E-state index in [1.807, 2.05) is 91.0 Å². The van der Waals surface area contributed by atoms with Crippen LogP contribution in [0.25, 0.3) is 0 Å². The van der Waals surface area contributed by atoms with Gasteiger partial charge in [-0.15, -0.1) is 0 Å². The maximum absolute atomic E-state index is 11.6. The van der Waals surface area contributed by atoms with Crippen LogP contribution in [0.15, 0.2) is 91.0 Å². The second kappa shape index (κ2) is 8.99. The molecule has 1 fully saturated rings. The van der Waals surface area contributed by atoms with E-state index in [4.69, 9.17) is 9.47 Å². The van der Waals surface area contributed by atoms with Gasteiger partial charge in [0, 0.05) is 0 Å². The fraction of sp³-hybridized carbons (Fsp3) is 0.240. The lowest BCUT2D eigenvalue weighted by Crippen LogP contribution is -2.43. The van der Waals surface area contributed by atoms with E-state index in [-0.39, 0.29) is 6.61 Å². The molecule has 0 aromatic heterocycles. The van der Waals surface area contributed by atoms with Crippen LogP contribution in [0.3, 0.4) is 0 Å². The van der Waals surface area contributed by atoms with E-state index in [0.29, 0.717) is 0 Å². The summed E-state index contributed by atoms with van der Waals surface area (Å²) in [5, 5.41) is 30.4. The van der Waals surface area contributed by atoms with Crippen molar-refractivity contribution in [2.24, 2.45) is 0 Å². The Balaban J connectivity index is 1.75. The number of benzene rings is 3. The summed E-state index contributed by atoms with van der Waals surface area (Å²) >= 11 is 0. The van der Waals surface area contributed by atoms with Gasteiger partial charge in [0.15, 0.2) is 12.2 Å². The van der Waals surface area contributed by atoms with Crippen LogP contribution in [-0.2, 0) is 19.9 Å². The number of aliphatic hydroxyl groups is 3. The molecule has 1 heterocycles. The first-order valence-corrected chi connectivity index (χ1v) is 10.1. The molecule has 3 aromatic carbocycles. The number of carbonyl (C=O) groups is 1. The SMILES string of the molecule is O=C1O[C@@H]([C@@H](O)COC(c2ccccc2)(c2ccccc2)c2ccccc2)[C@H](O)[C@H]1O. The zero-order valence-electron chi connectivity index (χ0n) is 16.7. The molecule has 0 amide bonds. The average molecular weight is 420 g/mol. The minimum atomic E-state index is -1.68. The molecule has 0 radical (unpaired) electrons. The molecule has 0 bridgehead atoms. The molecule has 6 heteroatoms. The summed E-state index contributed by atoms with van der Waals surface area (Å²) in [4.78, 5) is 11.6. The summed E-state index contributed by atoms with van der Waals surface area (Å²) in [5.41, 5.74) is 1.49. The molecule has 4 rings (SSSR count). The van der Waals surface area contributed by atoms with Gasteiger partial charge in [0.1, 0.15) is 17.8 Å². The normalized spacial score (nSPS) is 22.2. The van der Waals surface area contributed by atoms with Gasteiger partial charge in [-0.25, -0.2) is 4.79 Å². The summed E-state index contributed by atoms with van der Waals surface area (Å²) < 4.78 is 11.4. The lowest BCUT2D eigenvalue weighted by Gasteiger charge is -2.37. The van der Waals surface area contributed by atoms with Gasteiger partial charge in [0.2, 0.25) is 0 Å². The van der Waals surface area contributed by atoms with E-state index in [9.17, 15) is 20.1 Å². The van der Waals surface area contributed by atoms with Crippen LogP contribution in [0.1, 0.15) is 16.7 Å². The zero-order valence-corrected chi connectivity index (χ0v) is 16.7. The van der Waals surface area contributed by atoms with Crippen LogP contribution in [0.2, 0.25) is 0 Å². The van der Waals surface area contributed by atoms with E-state index in [1.165, 1.54) is 0 Å². The Labute approximate surface area is 180 Å². The van der Waals surface area contributed by atoms with Crippen molar-refractivity contribution in [3.63, 3.8) is 0 Å². The van der Waals surface area contributed by atoms with Crippen molar-refractivity contribution in [3.05, 3.63) is 108 Å². The number of esters is 1. The molecule has 0 spiro atoms. The van der Waals surface area contributed by atoms with Gasteiger partial charge in [-0.3, -0.25) is 0 Å². The number of hydrogen-bond acceptors (Lipinski definition) is 6. The number of aliphatic hydroxyl groups excluding tert-OH is 3. The lowest BCUT2D eigenvalue weighted by atomic mass is 9.80. The van der Waals surface area contributed by atoms with Crippen molar-refractivity contribution in [1.29, 1.82) is 0 Å². The Morgan fingerprint density at radius 2 is 1.23 bits per heavy atom. The molecule has 160 valence electrons. The number of rotatable bonds is 7. The third-order valence-electron chi connectivity index (χ3n) is 5.54. The molecule has 3 aromatic rings. The average Bonchev–Trinajstić information content (AvgIpc) is 3.09. The highest BCUT2D eigenvalue weighted by atomic mass is 16.6. The molecule has 0 unspecified atom stereocenters. The Bertz CT molecular complexity index is 896. The Hall–Kier alpha value is -3.03. The van der Waals surface area contributed by atoms with Gasteiger partial charge in [0.25, 0.3) is 0 Å². The molecule has 3 N–H and O–H groups in total. The molecule has 6 nitrogen and oxygen atoms in total. The summed E-state index contributed by atoms with van der Waals surface area (Å²) in [6.45, 7) is -0.250. The lowest BCUT2D eigenvalue weighted by molar-refractivity contribution is -0.153. The van der Waals surface area contributed by atoms with E-state index in [0.717, 1.165) is 16.7 Å². The Morgan fingerprint density at radius 3 is 1.58 bits per heavy atom. The highest BCUT2D eigenvalue weighted by molar-refractivity contribution is 5.77. The van der Waals surface area contributed by atoms with Crippen molar-refractivity contribution in [3.8, 4) is 0 Å². The molecular formula is C25H24O6. The maximum Gasteiger partial charge on any atom is 0.338 e. The molecule has 0 aliphatic carbocycles. The van der Waals surface area contributed by atoms with E-state index in [1.54, 1.807) is 0 Å². The third-order valence-corrected chi connectivity index (χ3v) is 5.54. The van der Waals surface area contributed by atoms with Gasteiger partial charge in [0.05, 0.1) is 6.61 Å². The number of ether oxygens (including phenoxy) is 2. The fourth-order valence-electron chi connectivity index (χ4n) is 3.97. The second-order valence-corrected chi connectivity index (χ2v) is 7.49. The van der Waals surface area contributed by atoms with Crippen LogP contribution in [-0.4, -0.2) is 52.3 Å². The zero-order chi connectivity index (χ0) is 21.8. The maximum atomic E-state index is 11.6. The Kier molecular flexibility index (Phi) is 6.15. The summed E-state index contributed by atoms with van der Waals surface area (Å²) in [5.74, 6) is -0.961. The largest absolute Gasteiger partial charge is 0.455 e. The highest BCUT2D eigenvalue weighted by Crippen LogP contribution is 2.40. The first-order chi connectivity index (χ1) is 15.0. The van der Waals surface area contributed by atoms with Gasteiger partial charge in [-0.05, 0) is 16.7 Å². The summed E-state index contributed by atoms with van der Waals surface area (Å²) in [6.07, 6.45) is -5.82.